The first-order valence-electron chi connectivity index (χ1n) is 4.80. The molecule has 1 atom stereocenters. The van der Waals surface area contributed by atoms with Crippen molar-refractivity contribution in [3.8, 4) is 0 Å². The molecule has 0 aromatic heterocycles. The molecule has 1 aliphatic heterocycles. The average molecular weight is 296 g/mol. The molecule has 3 nitrogen and oxygen atoms in total. The zero-order chi connectivity index (χ0) is 9.68. The van der Waals surface area contributed by atoms with Crippen LogP contribution in [0.15, 0.2) is 0 Å². The summed E-state index contributed by atoms with van der Waals surface area (Å²) in [6.07, 6.45) is 1.88. The quantitative estimate of drug-likeness (QED) is 0.623. The Labute approximate surface area is 93.4 Å². The van der Waals surface area contributed by atoms with E-state index < -0.39 is 0 Å². The minimum Gasteiger partial charge on any atom is -0.355 e. The zero-order valence-electron chi connectivity index (χ0n) is 8.05. The number of alkyl halides is 1. The van der Waals surface area contributed by atoms with Crippen LogP contribution in [0.1, 0.15) is 19.8 Å². The second kappa shape index (κ2) is 5.80. The predicted octanol–water partition coefficient (Wildman–Crippen LogP) is 1.02. The summed E-state index contributed by atoms with van der Waals surface area (Å²) in [6, 6.07) is 0.408. The van der Waals surface area contributed by atoms with Crippen molar-refractivity contribution >= 4 is 28.5 Å². The van der Waals surface area contributed by atoms with Crippen LogP contribution in [-0.2, 0) is 4.79 Å². The summed E-state index contributed by atoms with van der Waals surface area (Å²) in [5.41, 5.74) is 0. The lowest BCUT2D eigenvalue weighted by atomic mass is 10.2. The first-order valence-corrected chi connectivity index (χ1v) is 6.33. The van der Waals surface area contributed by atoms with E-state index in [-0.39, 0.29) is 5.91 Å². The van der Waals surface area contributed by atoms with Gasteiger partial charge in [0, 0.05) is 30.0 Å². The van der Waals surface area contributed by atoms with E-state index in [1.807, 2.05) is 0 Å². The number of rotatable bonds is 3. The normalized spacial score (nSPS) is 25.4. The number of nitrogens with one attached hydrogen (secondary N) is 1. The lowest BCUT2D eigenvalue weighted by Gasteiger charge is -2.25. The molecule has 0 aliphatic carbocycles. The SMILES string of the molecule is CC1CC(=O)NCCN1CCCI. The van der Waals surface area contributed by atoms with Gasteiger partial charge in [-0.2, -0.15) is 0 Å². The van der Waals surface area contributed by atoms with Gasteiger partial charge in [-0.25, -0.2) is 0 Å². The fourth-order valence-corrected chi connectivity index (χ4v) is 1.97. The monoisotopic (exact) mass is 296 g/mol. The fraction of sp³-hybridized carbons (Fsp3) is 0.889. The highest BCUT2D eigenvalue weighted by Gasteiger charge is 2.19. The summed E-state index contributed by atoms with van der Waals surface area (Å²) in [7, 11) is 0. The zero-order valence-corrected chi connectivity index (χ0v) is 10.2. The lowest BCUT2D eigenvalue weighted by molar-refractivity contribution is -0.121. The van der Waals surface area contributed by atoms with Crippen LogP contribution in [0.5, 0.6) is 0 Å². The highest BCUT2D eigenvalue weighted by molar-refractivity contribution is 14.1. The molecule has 0 aromatic carbocycles. The number of hydrogen-bond donors (Lipinski definition) is 1. The number of carbonyl (C=O) groups is 1. The number of carbonyl (C=O) groups excluding carboxylic acids is 1. The van der Waals surface area contributed by atoms with Crippen LogP contribution in [0.3, 0.4) is 0 Å². The van der Waals surface area contributed by atoms with Gasteiger partial charge in [0.25, 0.3) is 0 Å². The average Bonchev–Trinajstić information content (AvgIpc) is 2.24. The Morgan fingerprint density at radius 2 is 2.46 bits per heavy atom. The maximum atomic E-state index is 11.2. The first-order chi connectivity index (χ1) is 6.24. The second-order valence-electron chi connectivity index (χ2n) is 3.48. The lowest BCUT2D eigenvalue weighted by Crippen LogP contribution is -2.35. The van der Waals surface area contributed by atoms with E-state index >= 15 is 0 Å². The molecule has 1 saturated heterocycles. The Morgan fingerprint density at radius 3 is 3.15 bits per heavy atom. The molecule has 1 N–H and O–H groups in total. The summed E-state index contributed by atoms with van der Waals surface area (Å²) < 4.78 is 1.20. The van der Waals surface area contributed by atoms with E-state index in [0.717, 1.165) is 19.6 Å². The number of halogens is 1. The summed E-state index contributed by atoms with van der Waals surface area (Å²) in [5, 5.41) is 2.90. The van der Waals surface area contributed by atoms with Gasteiger partial charge in [0.1, 0.15) is 0 Å². The molecule has 0 spiro atoms. The van der Waals surface area contributed by atoms with Crippen molar-refractivity contribution in [2.45, 2.75) is 25.8 Å². The molecule has 4 heteroatoms. The van der Waals surface area contributed by atoms with Gasteiger partial charge in [-0.3, -0.25) is 9.69 Å². The van der Waals surface area contributed by atoms with Gasteiger partial charge in [0.05, 0.1) is 0 Å². The largest absolute Gasteiger partial charge is 0.355 e. The van der Waals surface area contributed by atoms with Crippen molar-refractivity contribution in [1.82, 2.24) is 10.2 Å². The van der Waals surface area contributed by atoms with Crippen molar-refractivity contribution in [3.05, 3.63) is 0 Å². The molecule has 1 aliphatic rings. The van der Waals surface area contributed by atoms with Crippen LogP contribution < -0.4 is 5.32 Å². The Hall–Kier alpha value is 0.160. The van der Waals surface area contributed by atoms with Gasteiger partial charge < -0.3 is 5.32 Å². The summed E-state index contributed by atoms with van der Waals surface area (Å²) in [4.78, 5) is 13.6. The van der Waals surface area contributed by atoms with E-state index in [1.165, 1.54) is 10.8 Å². The Balaban J connectivity index is 2.38. The molecule has 0 radical (unpaired) electrons. The number of hydrogen-bond acceptors (Lipinski definition) is 2. The highest BCUT2D eigenvalue weighted by Crippen LogP contribution is 2.07. The molecule has 0 aromatic rings. The Kier molecular flexibility index (Phi) is 5.01. The molecule has 13 heavy (non-hydrogen) atoms. The van der Waals surface area contributed by atoms with Crippen molar-refractivity contribution < 1.29 is 4.79 Å². The van der Waals surface area contributed by atoms with Gasteiger partial charge >= 0.3 is 0 Å². The van der Waals surface area contributed by atoms with Gasteiger partial charge in [0.15, 0.2) is 0 Å². The van der Waals surface area contributed by atoms with E-state index in [9.17, 15) is 4.79 Å². The van der Waals surface area contributed by atoms with Crippen molar-refractivity contribution in [1.29, 1.82) is 0 Å². The maximum Gasteiger partial charge on any atom is 0.221 e. The molecule has 1 unspecified atom stereocenters. The third kappa shape index (κ3) is 3.81. The minimum atomic E-state index is 0.199. The van der Waals surface area contributed by atoms with E-state index in [4.69, 9.17) is 0 Å². The summed E-state index contributed by atoms with van der Waals surface area (Å²) in [6.45, 7) is 5.07. The predicted molar refractivity (Wildman–Crippen MR) is 62.2 cm³/mol. The number of amides is 1. The van der Waals surface area contributed by atoms with Crippen molar-refractivity contribution in [3.63, 3.8) is 0 Å². The molecule has 0 saturated carbocycles. The van der Waals surface area contributed by atoms with Crippen LogP contribution in [0.4, 0.5) is 0 Å². The minimum absolute atomic E-state index is 0.199. The van der Waals surface area contributed by atoms with E-state index in [2.05, 4.69) is 39.7 Å². The molecule has 1 heterocycles. The van der Waals surface area contributed by atoms with Crippen molar-refractivity contribution in [2.75, 3.05) is 24.1 Å². The van der Waals surface area contributed by atoms with Gasteiger partial charge in [-0.1, -0.05) is 22.6 Å². The second-order valence-corrected chi connectivity index (χ2v) is 4.56. The van der Waals surface area contributed by atoms with E-state index in [1.54, 1.807) is 0 Å². The molecule has 76 valence electrons. The van der Waals surface area contributed by atoms with Gasteiger partial charge in [0.2, 0.25) is 5.91 Å². The third-order valence-corrected chi connectivity index (χ3v) is 3.17. The Bertz CT molecular complexity index is 175. The molecular formula is C9H17IN2O. The van der Waals surface area contributed by atoms with Gasteiger partial charge in [-0.05, 0) is 19.9 Å². The van der Waals surface area contributed by atoms with E-state index in [0.29, 0.717) is 12.5 Å². The summed E-state index contributed by atoms with van der Waals surface area (Å²) >= 11 is 2.40. The molecule has 1 amide bonds. The fourth-order valence-electron chi connectivity index (χ4n) is 1.62. The maximum absolute atomic E-state index is 11.2. The first kappa shape index (κ1) is 11.2. The highest BCUT2D eigenvalue weighted by atomic mass is 127. The van der Waals surface area contributed by atoms with Gasteiger partial charge in [-0.15, -0.1) is 0 Å². The molecule has 1 fully saturated rings. The molecular weight excluding hydrogens is 279 g/mol. The Morgan fingerprint density at radius 1 is 1.69 bits per heavy atom. The van der Waals surface area contributed by atoms with Crippen LogP contribution in [0.25, 0.3) is 0 Å². The van der Waals surface area contributed by atoms with Crippen LogP contribution in [0, 0.1) is 0 Å². The van der Waals surface area contributed by atoms with Crippen molar-refractivity contribution in [2.24, 2.45) is 0 Å². The summed E-state index contributed by atoms with van der Waals surface area (Å²) in [5.74, 6) is 0.199. The molecule has 1 rings (SSSR count). The topological polar surface area (TPSA) is 32.3 Å². The van der Waals surface area contributed by atoms with Crippen LogP contribution >= 0.6 is 22.6 Å². The smallest absolute Gasteiger partial charge is 0.221 e. The molecule has 0 bridgehead atoms. The van der Waals surface area contributed by atoms with Crippen LogP contribution in [0.2, 0.25) is 0 Å². The number of nitrogens with zero attached hydrogens (tertiary/aromatic N) is 1. The standard InChI is InChI=1S/C9H17IN2O/c1-8-7-9(13)11-4-6-12(8)5-2-3-10/h8H,2-7H2,1H3,(H,11,13). The van der Waals surface area contributed by atoms with Crippen LogP contribution in [-0.4, -0.2) is 40.9 Å². The third-order valence-electron chi connectivity index (χ3n) is 2.40.